The number of aliphatic hydroxyl groups excluding tert-OH is 1. The number of nitrogens with zero attached hydrogens (tertiary/aromatic N) is 1. The van der Waals surface area contributed by atoms with E-state index in [-0.39, 0.29) is 11.2 Å². The molecule has 1 aromatic carbocycles. The zero-order valence-corrected chi connectivity index (χ0v) is 12.8. The van der Waals surface area contributed by atoms with Crippen LogP contribution in [0.1, 0.15) is 24.3 Å². The van der Waals surface area contributed by atoms with Crippen molar-refractivity contribution in [3.05, 3.63) is 47.7 Å². The Morgan fingerprint density at radius 3 is 2.76 bits per heavy atom. The molecule has 6 heteroatoms. The van der Waals surface area contributed by atoms with Gasteiger partial charge in [-0.3, -0.25) is 10.1 Å². The number of hydrogen-bond acceptors (Lipinski definition) is 5. The molecule has 1 amide bonds. The van der Waals surface area contributed by atoms with Gasteiger partial charge >= 0.3 is 0 Å². The van der Waals surface area contributed by atoms with E-state index in [1.54, 1.807) is 19.9 Å². The third-order valence-corrected chi connectivity index (χ3v) is 4.15. The second-order valence-corrected chi connectivity index (χ2v) is 6.10. The topological polar surface area (TPSA) is 75.4 Å². The number of nitrogens with one attached hydrogen (secondary N) is 1. The number of benzene rings is 1. The Kier molecular flexibility index (Phi) is 5.41. The van der Waals surface area contributed by atoms with Crippen molar-refractivity contribution in [1.82, 2.24) is 5.16 Å². The van der Waals surface area contributed by atoms with Crippen LogP contribution >= 0.6 is 11.8 Å². The second kappa shape index (κ2) is 7.28. The van der Waals surface area contributed by atoms with E-state index >= 15 is 0 Å². The molecule has 2 unspecified atom stereocenters. The van der Waals surface area contributed by atoms with Crippen molar-refractivity contribution in [3.63, 3.8) is 0 Å². The number of thioether (sulfide) groups is 1. The van der Waals surface area contributed by atoms with Crippen LogP contribution < -0.4 is 5.32 Å². The highest BCUT2D eigenvalue weighted by atomic mass is 32.2. The van der Waals surface area contributed by atoms with Crippen molar-refractivity contribution >= 4 is 23.6 Å². The Hall–Kier alpha value is -1.79. The molecule has 21 heavy (non-hydrogen) atoms. The molecular formula is C15H18N2O3S. The standard InChI is InChI=1S/C15H18N2O3S/c1-10-8-14(20-17-10)16-15(19)11(2)21-9-13(18)12-6-4-3-5-7-12/h3-8,11,13,18H,9H2,1-2H3,(H,16,19). The van der Waals surface area contributed by atoms with E-state index in [9.17, 15) is 9.90 Å². The van der Waals surface area contributed by atoms with Crippen LogP contribution in [-0.2, 0) is 4.79 Å². The zero-order chi connectivity index (χ0) is 15.2. The maximum Gasteiger partial charge on any atom is 0.239 e. The third-order valence-electron chi connectivity index (χ3n) is 2.93. The van der Waals surface area contributed by atoms with E-state index in [2.05, 4.69) is 10.5 Å². The van der Waals surface area contributed by atoms with Crippen LogP contribution in [0.25, 0.3) is 0 Å². The molecule has 1 aromatic heterocycles. The number of amides is 1. The lowest BCUT2D eigenvalue weighted by atomic mass is 10.1. The molecule has 0 spiro atoms. The number of rotatable bonds is 6. The maximum absolute atomic E-state index is 12.0. The summed E-state index contributed by atoms with van der Waals surface area (Å²) in [6, 6.07) is 11.1. The molecule has 2 aromatic rings. The van der Waals surface area contributed by atoms with Crippen molar-refractivity contribution < 1.29 is 14.4 Å². The van der Waals surface area contributed by atoms with Gasteiger partial charge in [-0.15, -0.1) is 11.8 Å². The quantitative estimate of drug-likeness (QED) is 0.858. The van der Waals surface area contributed by atoms with Crippen LogP contribution in [0.2, 0.25) is 0 Å². The van der Waals surface area contributed by atoms with Gasteiger partial charge in [-0.05, 0) is 19.4 Å². The molecule has 112 valence electrons. The normalized spacial score (nSPS) is 13.7. The predicted octanol–water partition coefficient (Wildman–Crippen LogP) is 2.78. The monoisotopic (exact) mass is 306 g/mol. The highest BCUT2D eigenvalue weighted by Gasteiger charge is 2.17. The van der Waals surface area contributed by atoms with Gasteiger partial charge in [-0.25, -0.2) is 0 Å². The fourth-order valence-electron chi connectivity index (χ4n) is 1.73. The minimum Gasteiger partial charge on any atom is -0.388 e. The molecule has 0 aliphatic carbocycles. The summed E-state index contributed by atoms with van der Waals surface area (Å²) >= 11 is 1.39. The average Bonchev–Trinajstić information content (AvgIpc) is 2.90. The van der Waals surface area contributed by atoms with Crippen LogP contribution in [0.4, 0.5) is 5.88 Å². The van der Waals surface area contributed by atoms with Gasteiger partial charge in [0.1, 0.15) is 0 Å². The molecule has 2 atom stereocenters. The number of aromatic nitrogens is 1. The lowest BCUT2D eigenvalue weighted by Crippen LogP contribution is -2.23. The third kappa shape index (κ3) is 4.61. The summed E-state index contributed by atoms with van der Waals surface area (Å²) in [5.74, 6) is 0.624. The summed E-state index contributed by atoms with van der Waals surface area (Å²) in [6.07, 6.45) is -0.584. The lowest BCUT2D eigenvalue weighted by Gasteiger charge is -2.14. The SMILES string of the molecule is Cc1cc(NC(=O)C(C)SCC(O)c2ccccc2)on1. The van der Waals surface area contributed by atoms with Gasteiger partial charge in [-0.2, -0.15) is 0 Å². The molecule has 0 radical (unpaired) electrons. The Balaban J connectivity index is 1.81. The van der Waals surface area contributed by atoms with Crippen LogP contribution in [0.3, 0.4) is 0 Å². The zero-order valence-electron chi connectivity index (χ0n) is 11.9. The maximum atomic E-state index is 12.0. The van der Waals surface area contributed by atoms with E-state index in [1.807, 2.05) is 30.3 Å². The molecular weight excluding hydrogens is 288 g/mol. The number of hydrogen-bond donors (Lipinski definition) is 2. The van der Waals surface area contributed by atoms with Gasteiger partial charge < -0.3 is 9.63 Å². The molecule has 0 bridgehead atoms. The molecule has 2 N–H and O–H groups in total. The summed E-state index contributed by atoms with van der Waals surface area (Å²) in [4.78, 5) is 12.0. The summed E-state index contributed by atoms with van der Waals surface area (Å²) in [5.41, 5.74) is 1.56. The predicted molar refractivity (Wildman–Crippen MR) is 83.2 cm³/mol. The Morgan fingerprint density at radius 1 is 1.43 bits per heavy atom. The van der Waals surface area contributed by atoms with E-state index in [1.165, 1.54) is 11.8 Å². The molecule has 0 saturated carbocycles. The lowest BCUT2D eigenvalue weighted by molar-refractivity contribution is -0.115. The average molecular weight is 306 g/mol. The van der Waals surface area contributed by atoms with Gasteiger partial charge in [0.25, 0.3) is 0 Å². The Bertz CT molecular complexity index is 586. The molecule has 5 nitrogen and oxygen atoms in total. The first-order valence-electron chi connectivity index (χ1n) is 6.65. The van der Waals surface area contributed by atoms with Gasteiger partial charge in [0.15, 0.2) is 0 Å². The summed E-state index contributed by atoms with van der Waals surface area (Å²) in [6.45, 7) is 3.58. The van der Waals surface area contributed by atoms with Gasteiger partial charge in [0.05, 0.1) is 17.0 Å². The van der Waals surface area contributed by atoms with Crippen LogP contribution in [0.15, 0.2) is 40.9 Å². The molecule has 0 fully saturated rings. The minimum atomic E-state index is -0.584. The number of aryl methyl sites for hydroxylation is 1. The van der Waals surface area contributed by atoms with Crippen LogP contribution in [0.5, 0.6) is 0 Å². The van der Waals surface area contributed by atoms with Crippen LogP contribution in [0, 0.1) is 6.92 Å². The summed E-state index contributed by atoms with van der Waals surface area (Å²) < 4.78 is 4.94. The van der Waals surface area contributed by atoms with E-state index < -0.39 is 6.10 Å². The molecule has 0 aliphatic rings. The highest BCUT2D eigenvalue weighted by molar-refractivity contribution is 8.00. The number of aliphatic hydroxyl groups is 1. The Labute approximate surface area is 127 Å². The fourth-order valence-corrected chi connectivity index (χ4v) is 2.60. The van der Waals surface area contributed by atoms with Crippen molar-refractivity contribution in [3.8, 4) is 0 Å². The molecule has 1 heterocycles. The van der Waals surface area contributed by atoms with Gasteiger partial charge in [0, 0.05) is 11.8 Å². The number of anilines is 1. The first-order chi connectivity index (χ1) is 10.1. The van der Waals surface area contributed by atoms with E-state index in [4.69, 9.17) is 4.52 Å². The molecule has 0 saturated heterocycles. The van der Waals surface area contributed by atoms with E-state index in [0.29, 0.717) is 17.3 Å². The number of carbonyl (C=O) groups is 1. The summed E-state index contributed by atoms with van der Waals surface area (Å²) in [5, 5.41) is 16.1. The highest BCUT2D eigenvalue weighted by Crippen LogP contribution is 2.22. The minimum absolute atomic E-state index is 0.170. The first kappa shape index (κ1) is 15.6. The summed E-state index contributed by atoms with van der Waals surface area (Å²) in [7, 11) is 0. The smallest absolute Gasteiger partial charge is 0.239 e. The second-order valence-electron chi connectivity index (χ2n) is 4.72. The molecule has 0 aliphatic heterocycles. The Morgan fingerprint density at radius 2 is 2.14 bits per heavy atom. The van der Waals surface area contributed by atoms with Crippen molar-refractivity contribution in [2.24, 2.45) is 0 Å². The van der Waals surface area contributed by atoms with Gasteiger partial charge in [-0.1, -0.05) is 35.5 Å². The largest absolute Gasteiger partial charge is 0.388 e. The van der Waals surface area contributed by atoms with Crippen molar-refractivity contribution in [1.29, 1.82) is 0 Å². The van der Waals surface area contributed by atoms with Crippen molar-refractivity contribution in [2.75, 3.05) is 11.1 Å². The fraction of sp³-hybridized carbons (Fsp3) is 0.333. The van der Waals surface area contributed by atoms with Crippen molar-refractivity contribution in [2.45, 2.75) is 25.2 Å². The first-order valence-corrected chi connectivity index (χ1v) is 7.70. The molecule has 2 rings (SSSR count). The number of carbonyl (C=O) groups excluding carboxylic acids is 1. The van der Waals surface area contributed by atoms with Crippen LogP contribution in [-0.4, -0.2) is 27.2 Å². The van der Waals surface area contributed by atoms with Gasteiger partial charge in [0.2, 0.25) is 11.8 Å². The van der Waals surface area contributed by atoms with E-state index in [0.717, 1.165) is 5.56 Å².